The third-order valence-corrected chi connectivity index (χ3v) is 4.03. The fourth-order valence-electron chi connectivity index (χ4n) is 1.95. The molecule has 108 valence electrons. The van der Waals surface area contributed by atoms with Crippen molar-refractivity contribution in [3.8, 4) is 5.75 Å². The molecule has 1 aromatic carbocycles. The average molecular weight is 289 g/mol. The van der Waals surface area contributed by atoms with Crippen LogP contribution in [0.2, 0.25) is 0 Å². The van der Waals surface area contributed by atoms with Gasteiger partial charge < -0.3 is 4.74 Å². The van der Waals surface area contributed by atoms with Crippen molar-refractivity contribution < 1.29 is 4.74 Å². The Morgan fingerprint density at radius 2 is 1.90 bits per heavy atom. The third-order valence-electron chi connectivity index (χ3n) is 3.21. The van der Waals surface area contributed by atoms with Crippen LogP contribution in [0.4, 0.5) is 0 Å². The predicted octanol–water partition coefficient (Wildman–Crippen LogP) is 5.14. The Labute approximate surface area is 125 Å². The van der Waals surface area contributed by atoms with Crippen molar-refractivity contribution >= 4 is 11.3 Å². The van der Waals surface area contributed by atoms with E-state index in [2.05, 4.69) is 57.1 Å². The van der Waals surface area contributed by atoms with Crippen LogP contribution in [0.5, 0.6) is 5.75 Å². The lowest BCUT2D eigenvalue weighted by molar-refractivity contribution is 0.300. The lowest BCUT2D eigenvalue weighted by Crippen LogP contribution is -2.11. The first-order chi connectivity index (χ1) is 9.38. The molecule has 2 rings (SSSR count). The van der Waals surface area contributed by atoms with Crippen molar-refractivity contribution in [2.45, 2.75) is 52.6 Å². The molecule has 0 atom stereocenters. The summed E-state index contributed by atoms with van der Waals surface area (Å²) in [5.74, 6) is 1.43. The molecule has 0 amide bonds. The van der Waals surface area contributed by atoms with Gasteiger partial charge >= 0.3 is 0 Å². The Hall–Kier alpha value is -1.35. The highest BCUT2D eigenvalue weighted by Gasteiger charge is 2.17. The van der Waals surface area contributed by atoms with Crippen molar-refractivity contribution in [2.24, 2.45) is 0 Å². The predicted molar refractivity (Wildman–Crippen MR) is 85.7 cm³/mol. The van der Waals surface area contributed by atoms with Crippen LogP contribution in [-0.4, -0.2) is 4.98 Å². The number of rotatable bonds is 4. The number of aromatic nitrogens is 1. The second kappa shape index (κ2) is 5.96. The standard InChI is InChI=1S/C17H23NOS/c1-12(2)13-8-6-7-9-14(13)19-10-16-18-15(11-20-16)17(3,4)5/h6-9,11-12H,10H2,1-5H3. The first-order valence-corrected chi connectivity index (χ1v) is 7.92. The molecular formula is C17H23NOS. The Morgan fingerprint density at radius 1 is 1.20 bits per heavy atom. The Bertz CT molecular complexity index is 566. The SMILES string of the molecule is CC(C)c1ccccc1OCc1nc(C(C)(C)C)cs1. The van der Waals surface area contributed by atoms with E-state index in [1.54, 1.807) is 11.3 Å². The van der Waals surface area contributed by atoms with Crippen LogP contribution in [0.3, 0.4) is 0 Å². The molecule has 3 heteroatoms. The molecule has 0 N–H and O–H groups in total. The normalized spacial score (nSPS) is 11.9. The number of nitrogens with zero attached hydrogens (tertiary/aromatic N) is 1. The molecule has 20 heavy (non-hydrogen) atoms. The Morgan fingerprint density at radius 3 is 2.50 bits per heavy atom. The van der Waals surface area contributed by atoms with Gasteiger partial charge in [0.25, 0.3) is 0 Å². The van der Waals surface area contributed by atoms with E-state index in [-0.39, 0.29) is 5.41 Å². The summed E-state index contributed by atoms with van der Waals surface area (Å²) in [6.07, 6.45) is 0. The van der Waals surface area contributed by atoms with Gasteiger partial charge in [-0.2, -0.15) is 0 Å². The van der Waals surface area contributed by atoms with Gasteiger partial charge in [0, 0.05) is 10.8 Å². The number of hydrogen-bond acceptors (Lipinski definition) is 3. The number of thiazole rings is 1. The van der Waals surface area contributed by atoms with Crippen LogP contribution < -0.4 is 4.74 Å². The lowest BCUT2D eigenvalue weighted by Gasteiger charge is -2.14. The zero-order valence-electron chi connectivity index (χ0n) is 12.9. The fourth-order valence-corrected chi connectivity index (χ4v) is 2.88. The molecule has 1 heterocycles. The molecule has 2 nitrogen and oxygen atoms in total. The maximum Gasteiger partial charge on any atom is 0.140 e. The summed E-state index contributed by atoms with van der Waals surface area (Å²) in [6.45, 7) is 11.5. The molecule has 0 saturated carbocycles. The van der Waals surface area contributed by atoms with E-state index < -0.39 is 0 Å². The minimum Gasteiger partial charge on any atom is -0.486 e. The molecule has 0 fully saturated rings. The molecule has 0 radical (unpaired) electrons. The largest absolute Gasteiger partial charge is 0.486 e. The number of ether oxygens (including phenoxy) is 1. The van der Waals surface area contributed by atoms with E-state index in [0.717, 1.165) is 16.5 Å². The molecule has 1 aromatic heterocycles. The van der Waals surface area contributed by atoms with E-state index in [1.807, 2.05) is 12.1 Å². The summed E-state index contributed by atoms with van der Waals surface area (Å²) >= 11 is 1.67. The van der Waals surface area contributed by atoms with Crippen LogP contribution in [0, 0.1) is 0 Å². The molecule has 2 aromatic rings. The molecule has 0 aliphatic carbocycles. The van der Waals surface area contributed by atoms with Crippen LogP contribution in [-0.2, 0) is 12.0 Å². The smallest absolute Gasteiger partial charge is 0.140 e. The molecule has 0 spiro atoms. The van der Waals surface area contributed by atoms with Crippen LogP contribution in [0.15, 0.2) is 29.6 Å². The van der Waals surface area contributed by atoms with Crippen molar-refractivity contribution in [1.29, 1.82) is 0 Å². The van der Waals surface area contributed by atoms with Gasteiger partial charge in [-0.15, -0.1) is 11.3 Å². The second-order valence-electron chi connectivity index (χ2n) is 6.36. The molecule has 0 saturated heterocycles. The Kier molecular flexibility index (Phi) is 4.48. The van der Waals surface area contributed by atoms with Gasteiger partial charge in [0.1, 0.15) is 17.4 Å². The summed E-state index contributed by atoms with van der Waals surface area (Å²) in [5, 5.41) is 3.17. The van der Waals surface area contributed by atoms with Crippen molar-refractivity contribution in [3.63, 3.8) is 0 Å². The van der Waals surface area contributed by atoms with E-state index >= 15 is 0 Å². The second-order valence-corrected chi connectivity index (χ2v) is 7.30. The summed E-state index contributed by atoms with van der Waals surface area (Å²) in [7, 11) is 0. The zero-order chi connectivity index (χ0) is 14.8. The highest BCUT2D eigenvalue weighted by Crippen LogP contribution is 2.28. The molecule has 0 aliphatic rings. The van der Waals surface area contributed by atoms with E-state index in [4.69, 9.17) is 4.74 Å². The number of hydrogen-bond donors (Lipinski definition) is 0. The van der Waals surface area contributed by atoms with Crippen LogP contribution in [0.1, 0.15) is 56.8 Å². The minimum absolute atomic E-state index is 0.102. The minimum atomic E-state index is 0.102. The lowest BCUT2D eigenvalue weighted by atomic mass is 9.93. The van der Waals surface area contributed by atoms with Crippen LogP contribution >= 0.6 is 11.3 Å². The van der Waals surface area contributed by atoms with E-state index in [9.17, 15) is 0 Å². The number of para-hydroxylation sites is 1. The topological polar surface area (TPSA) is 22.1 Å². The quantitative estimate of drug-likeness (QED) is 0.777. The molecule has 0 unspecified atom stereocenters. The van der Waals surface area contributed by atoms with Gasteiger partial charge in [-0.25, -0.2) is 4.98 Å². The van der Waals surface area contributed by atoms with Gasteiger partial charge in [-0.05, 0) is 17.5 Å². The van der Waals surface area contributed by atoms with Crippen molar-refractivity contribution in [2.75, 3.05) is 0 Å². The highest BCUT2D eigenvalue weighted by molar-refractivity contribution is 7.09. The summed E-state index contributed by atoms with van der Waals surface area (Å²) in [6, 6.07) is 8.24. The maximum atomic E-state index is 5.96. The average Bonchev–Trinajstić information content (AvgIpc) is 2.85. The first-order valence-electron chi connectivity index (χ1n) is 7.04. The Balaban J connectivity index is 2.08. The summed E-state index contributed by atoms with van der Waals surface area (Å²) in [5.41, 5.74) is 2.49. The van der Waals surface area contributed by atoms with Gasteiger partial charge in [0.05, 0.1) is 5.69 Å². The van der Waals surface area contributed by atoms with Gasteiger partial charge in [-0.1, -0.05) is 52.8 Å². The van der Waals surface area contributed by atoms with Crippen molar-refractivity contribution in [1.82, 2.24) is 4.98 Å². The van der Waals surface area contributed by atoms with Gasteiger partial charge in [0.15, 0.2) is 0 Å². The summed E-state index contributed by atoms with van der Waals surface area (Å²) < 4.78 is 5.96. The van der Waals surface area contributed by atoms with E-state index in [1.165, 1.54) is 5.56 Å². The highest BCUT2D eigenvalue weighted by atomic mass is 32.1. The number of benzene rings is 1. The fraction of sp³-hybridized carbons (Fsp3) is 0.471. The first kappa shape index (κ1) is 15.0. The molecule has 0 aliphatic heterocycles. The van der Waals surface area contributed by atoms with Crippen molar-refractivity contribution in [3.05, 3.63) is 45.9 Å². The monoisotopic (exact) mass is 289 g/mol. The van der Waals surface area contributed by atoms with Gasteiger partial charge in [0.2, 0.25) is 0 Å². The molecule has 0 bridgehead atoms. The third kappa shape index (κ3) is 3.60. The summed E-state index contributed by atoms with van der Waals surface area (Å²) in [4.78, 5) is 4.66. The van der Waals surface area contributed by atoms with E-state index in [0.29, 0.717) is 12.5 Å². The van der Waals surface area contributed by atoms with Crippen LogP contribution in [0.25, 0.3) is 0 Å². The van der Waals surface area contributed by atoms with Gasteiger partial charge in [-0.3, -0.25) is 0 Å². The maximum absolute atomic E-state index is 5.96. The zero-order valence-corrected chi connectivity index (χ0v) is 13.8. The molecular weight excluding hydrogens is 266 g/mol.